The van der Waals surface area contributed by atoms with E-state index in [0.29, 0.717) is 0 Å². The van der Waals surface area contributed by atoms with E-state index in [1.807, 2.05) is 12.1 Å². The van der Waals surface area contributed by atoms with Crippen molar-refractivity contribution >= 4 is 29.6 Å². The van der Waals surface area contributed by atoms with E-state index in [2.05, 4.69) is 19.1 Å². The number of primary amides is 1. The summed E-state index contributed by atoms with van der Waals surface area (Å²) in [6.45, 7) is 2.22. The van der Waals surface area contributed by atoms with E-state index >= 15 is 0 Å². The fourth-order valence-electron chi connectivity index (χ4n) is 2.80. The molecule has 0 aromatic heterocycles. The van der Waals surface area contributed by atoms with Gasteiger partial charge in [0.05, 0.1) is 10.6 Å². The number of benzene rings is 2. The van der Waals surface area contributed by atoms with Crippen molar-refractivity contribution < 1.29 is 14.3 Å². The minimum Gasteiger partial charge on any atom is -0.423 e. The number of unbranched alkanes of at least 4 members (excludes halogenated alkanes) is 4. The van der Waals surface area contributed by atoms with Gasteiger partial charge in [-0.1, -0.05) is 68.5 Å². The fourth-order valence-corrected chi connectivity index (χ4v) is 3.07. The van der Waals surface area contributed by atoms with E-state index < -0.39 is 11.9 Å². The Balaban J connectivity index is 1.85. The lowest BCUT2D eigenvalue weighted by Gasteiger charge is -2.04. The van der Waals surface area contributed by atoms with Crippen LogP contribution >= 0.6 is 11.6 Å². The van der Waals surface area contributed by atoms with Crippen LogP contribution in [-0.2, 0) is 11.2 Å². The van der Waals surface area contributed by atoms with Gasteiger partial charge in [0.1, 0.15) is 5.75 Å². The first kappa shape index (κ1) is 21.7. The van der Waals surface area contributed by atoms with E-state index in [4.69, 9.17) is 22.1 Å². The molecule has 0 aliphatic carbocycles. The van der Waals surface area contributed by atoms with Crippen LogP contribution in [0.3, 0.4) is 0 Å². The lowest BCUT2D eigenvalue weighted by Crippen LogP contribution is -2.11. The quantitative estimate of drug-likeness (QED) is 0.245. The van der Waals surface area contributed by atoms with E-state index in [0.717, 1.165) is 12.0 Å². The van der Waals surface area contributed by atoms with Crippen molar-refractivity contribution in [2.24, 2.45) is 5.73 Å². The predicted molar refractivity (Wildman–Crippen MR) is 114 cm³/mol. The van der Waals surface area contributed by atoms with Gasteiger partial charge in [0.15, 0.2) is 0 Å². The molecule has 2 aromatic carbocycles. The largest absolute Gasteiger partial charge is 0.423 e. The summed E-state index contributed by atoms with van der Waals surface area (Å²) in [7, 11) is 0. The summed E-state index contributed by atoms with van der Waals surface area (Å²) >= 11 is 5.95. The molecule has 2 aromatic rings. The third-order valence-electron chi connectivity index (χ3n) is 4.39. The van der Waals surface area contributed by atoms with Crippen LogP contribution in [-0.4, -0.2) is 11.9 Å². The van der Waals surface area contributed by atoms with Crippen molar-refractivity contribution in [2.75, 3.05) is 0 Å². The van der Waals surface area contributed by atoms with E-state index in [-0.39, 0.29) is 16.3 Å². The van der Waals surface area contributed by atoms with Gasteiger partial charge in [-0.15, -0.1) is 0 Å². The summed E-state index contributed by atoms with van der Waals surface area (Å²) in [5, 5.41) is 0.145. The first-order chi connectivity index (χ1) is 13.5. The van der Waals surface area contributed by atoms with Crippen LogP contribution in [0.2, 0.25) is 5.02 Å². The highest BCUT2D eigenvalue weighted by molar-refractivity contribution is 6.33. The molecule has 28 heavy (non-hydrogen) atoms. The highest BCUT2D eigenvalue weighted by atomic mass is 35.5. The van der Waals surface area contributed by atoms with Crippen molar-refractivity contribution in [1.29, 1.82) is 0 Å². The van der Waals surface area contributed by atoms with Gasteiger partial charge in [-0.3, -0.25) is 4.79 Å². The van der Waals surface area contributed by atoms with Crippen LogP contribution in [0.5, 0.6) is 5.75 Å². The molecule has 0 spiro atoms. The SMILES string of the molecule is CCCCCCCc1ccc(/C=C/C(=O)Oc2ccc(C(N)=O)c(Cl)c2)cc1. The summed E-state index contributed by atoms with van der Waals surface area (Å²) in [6, 6.07) is 12.5. The summed E-state index contributed by atoms with van der Waals surface area (Å²) in [5.41, 5.74) is 7.61. The zero-order valence-electron chi connectivity index (χ0n) is 16.1. The number of hydrogen-bond acceptors (Lipinski definition) is 3. The lowest BCUT2D eigenvalue weighted by molar-refractivity contribution is -0.128. The number of esters is 1. The summed E-state index contributed by atoms with van der Waals surface area (Å²) in [6.07, 6.45) is 10.5. The van der Waals surface area contributed by atoms with Crippen LogP contribution in [0.15, 0.2) is 48.5 Å². The van der Waals surface area contributed by atoms with Crippen molar-refractivity contribution in [3.05, 3.63) is 70.3 Å². The minimum absolute atomic E-state index is 0.145. The molecule has 0 bridgehead atoms. The molecule has 0 saturated heterocycles. The Bertz CT molecular complexity index is 828. The molecule has 0 heterocycles. The molecule has 0 aliphatic heterocycles. The van der Waals surface area contributed by atoms with Gasteiger partial charge in [0, 0.05) is 12.1 Å². The molecule has 148 valence electrons. The van der Waals surface area contributed by atoms with E-state index in [1.54, 1.807) is 6.08 Å². The van der Waals surface area contributed by atoms with Crippen LogP contribution < -0.4 is 10.5 Å². The number of rotatable bonds is 10. The molecule has 5 heteroatoms. The highest BCUT2D eigenvalue weighted by Gasteiger charge is 2.09. The van der Waals surface area contributed by atoms with Crippen LogP contribution in [0.25, 0.3) is 6.08 Å². The van der Waals surface area contributed by atoms with Crippen LogP contribution in [0, 0.1) is 0 Å². The van der Waals surface area contributed by atoms with Gasteiger partial charge in [-0.25, -0.2) is 4.79 Å². The van der Waals surface area contributed by atoms with E-state index in [9.17, 15) is 9.59 Å². The Morgan fingerprint density at radius 3 is 2.39 bits per heavy atom. The lowest BCUT2D eigenvalue weighted by atomic mass is 10.0. The molecule has 2 N–H and O–H groups in total. The number of carbonyl (C=O) groups is 2. The number of hydrogen-bond donors (Lipinski definition) is 1. The Morgan fingerprint density at radius 1 is 1.04 bits per heavy atom. The first-order valence-corrected chi connectivity index (χ1v) is 9.95. The second-order valence-corrected chi connectivity index (χ2v) is 7.07. The highest BCUT2D eigenvalue weighted by Crippen LogP contribution is 2.22. The minimum atomic E-state index is -0.632. The van der Waals surface area contributed by atoms with Crippen molar-refractivity contribution in [2.45, 2.75) is 45.4 Å². The molecule has 0 radical (unpaired) electrons. The maximum atomic E-state index is 12.0. The number of carbonyl (C=O) groups excluding carboxylic acids is 2. The third kappa shape index (κ3) is 7.20. The molecular weight excluding hydrogens is 374 g/mol. The van der Waals surface area contributed by atoms with Gasteiger partial charge < -0.3 is 10.5 Å². The van der Waals surface area contributed by atoms with Gasteiger partial charge in [-0.05, 0) is 42.2 Å². The Kier molecular flexibility index (Phi) is 8.76. The van der Waals surface area contributed by atoms with Crippen molar-refractivity contribution in [3.63, 3.8) is 0 Å². The number of nitrogens with two attached hydrogens (primary N) is 1. The molecule has 0 unspecified atom stereocenters. The zero-order chi connectivity index (χ0) is 20.4. The molecule has 0 fully saturated rings. The number of aryl methyl sites for hydroxylation is 1. The summed E-state index contributed by atoms with van der Waals surface area (Å²) in [5.74, 6) is -0.904. The monoisotopic (exact) mass is 399 g/mol. The number of amides is 1. The maximum absolute atomic E-state index is 12.0. The van der Waals surface area contributed by atoms with Gasteiger partial charge in [0.25, 0.3) is 0 Å². The van der Waals surface area contributed by atoms with Crippen molar-refractivity contribution in [1.82, 2.24) is 0 Å². The van der Waals surface area contributed by atoms with Crippen molar-refractivity contribution in [3.8, 4) is 5.75 Å². The number of halogens is 1. The molecular formula is C23H26ClNO3. The van der Waals surface area contributed by atoms with Crippen LogP contribution in [0.4, 0.5) is 0 Å². The van der Waals surface area contributed by atoms with Gasteiger partial charge in [0.2, 0.25) is 5.91 Å². The average molecular weight is 400 g/mol. The molecule has 0 aliphatic rings. The topological polar surface area (TPSA) is 69.4 Å². The Labute approximate surface area is 171 Å². The maximum Gasteiger partial charge on any atom is 0.336 e. The molecule has 1 amide bonds. The van der Waals surface area contributed by atoms with E-state index in [1.165, 1.54) is 61.9 Å². The summed E-state index contributed by atoms with van der Waals surface area (Å²) in [4.78, 5) is 23.1. The standard InChI is InChI=1S/C23H26ClNO3/c1-2-3-4-5-6-7-17-8-10-18(11-9-17)12-15-22(26)28-19-13-14-20(23(25)27)21(24)16-19/h8-16H,2-7H2,1H3,(H2,25,27)/b15-12+. The van der Waals surface area contributed by atoms with Crippen LogP contribution in [0.1, 0.15) is 60.5 Å². The number of ether oxygens (including phenoxy) is 1. The summed E-state index contributed by atoms with van der Waals surface area (Å²) < 4.78 is 5.20. The normalized spacial score (nSPS) is 10.9. The average Bonchev–Trinajstić information content (AvgIpc) is 2.67. The second-order valence-electron chi connectivity index (χ2n) is 6.67. The predicted octanol–water partition coefficient (Wildman–Crippen LogP) is 5.57. The molecule has 4 nitrogen and oxygen atoms in total. The smallest absolute Gasteiger partial charge is 0.336 e. The Morgan fingerprint density at radius 2 is 1.75 bits per heavy atom. The van der Waals surface area contributed by atoms with Gasteiger partial charge >= 0.3 is 5.97 Å². The fraction of sp³-hybridized carbons (Fsp3) is 0.304. The van der Waals surface area contributed by atoms with Gasteiger partial charge in [-0.2, -0.15) is 0 Å². The first-order valence-electron chi connectivity index (χ1n) is 9.57. The third-order valence-corrected chi connectivity index (χ3v) is 4.70. The Hall–Kier alpha value is -2.59. The molecule has 2 rings (SSSR count). The molecule has 0 saturated carbocycles. The zero-order valence-corrected chi connectivity index (χ0v) is 16.9. The molecule has 0 atom stereocenters. The second kappa shape index (κ2) is 11.3.